The summed E-state index contributed by atoms with van der Waals surface area (Å²) in [6, 6.07) is 10.8. The van der Waals surface area contributed by atoms with Gasteiger partial charge in [0.1, 0.15) is 12.4 Å². The number of nitrogens with zero attached hydrogens (tertiary/aromatic N) is 3. The van der Waals surface area contributed by atoms with Gasteiger partial charge in [-0.1, -0.05) is 17.3 Å². The molecule has 0 radical (unpaired) electrons. The molecular weight excluding hydrogens is 416 g/mol. The van der Waals surface area contributed by atoms with Crippen molar-refractivity contribution in [2.75, 3.05) is 16.8 Å². The summed E-state index contributed by atoms with van der Waals surface area (Å²) < 4.78 is 56.6. The van der Waals surface area contributed by atoms with Crippen molar-refractivity contribution in [3.63, 3.8) is 0 Å². The number of nitrogens with one attached hydrogen (secondary N) is 1. The molecule has 162 valence electrons. The van der Waals surface area contributed by atoms with E-state index in [1.165, 1.54) is 18.2 Å². The number of benzene rings is 2. The lowest BCUT2D eigenvalue weighted by atomic mass is 10.0. The van der Waals surface area contributed by atoms with Crippen LogP contribution in [0.3, 0.4) is 0 Å². The number of fused-ring (bicyclic) bond motifs is 1. The maximum absolute atomic E-state index is 13.0. The molecule has 1 N–H and O–H groups in total. The van der Waals surface area contributed by atoms with Crippen LogP contribution in [0.15, 0.2) is 47.0 Å². The lowest BCUT2D eigenvalue weighted by Crippen LogP contribution is -2.41. The molecule has 0 atom stereocenters. The van der Waals surface area contributed by atoms with E-state index in [9.17, 15) is 22.4 Å². The standard InChI is InChI=1S/C21H18F4N4O2/c22-15-4-1-13(2-5-15)9-18-27-19(31-28-18)11-26-16-6-7-17-14(10-16)3-8-20(30)29(17)12-21(23,24)25/h1-2,4-7,10,26H,3,8-9,11-12H2. The van der Waals surface area contributed by atoms with E-state index in [1.807, 2.05) is 0 Å². The van der Waals surface area contributed by atoms with Gasteiger partial charge in [0.05, 0.1) is 6.54 Å². The van der Waals surface area contributed by atoms with Crippen LogP contribution in [0.2, 0.25) is 0 Å². The first-order valence-electron chi connectivity index (χ1n) is 9.57. The molecule has 0 saturated heterocycles. The third-order valence-electron chi connectivity index (χ3n) is 4.85. The zero-order chi connectivity index (χ0) is 22.0. The fourth-order valence-electron chi connectivity index (χ4n) is 3.42. The van der Waals surface area contributed by atoms with Crippen molar-refractivity contribution >= 4 is 17.3 Å². The minimum atomic E-state index is -4.47. The first kappa shape index (κ1) is 20.8. The maximum atomic E-state index is 13.0. The van der Waals surface area contributed by atoms with Crippen LogP contribution < -0.4 is 10.2 Å². The summed E-state index contributed by atoms with van der Waals surface area (Å²) in [6.07, 6.45) is -3.67. The van der Waals surface area contributed by atoms with E-state index in [0.29, 0.717) is 35.8 Å². The maximum Gasteiger partial charge on any atom is 0.406 e. The van der Waals surface area contributed by atoms with E-state index < -0.39 is 18.6 Å². The summed E-state index contributed by atoms with van der Waals surface area (Å²) in [7, 11) is 0. The molecule has 10 heteroatoms. The van der Waals surface area contributed by atoms with Crippen LogP contribution >= 0.6 is 0 Å². The van der Waals surface area contributed by atoms with Crippen LogP contribution in [-0.4, -0.2) is 28.8 Å². The Morgan fingerprint density at radius 2 is 1.87 bits per heavy atom. The molecule has 2 heterocycles. The van der Waals surface area contributed by atoms with Crippen molar-refractivity contribution in [1.82, 2.24) is 10.1 Å². The molecule has 4 rings (SSSR count). The van der Waals surface area contributed by atoms with Gasteiger partial charge in [-0.2, -0.15) is 18.2 Å². The lowest BCUT2D eigenvalue weighted by molar-refractivity contribution is -0.132. The Balaban J connectivity index is 1.40. The van der Waals surface area contributed by atoms with Gasteiger partial charge in [0, 0.05) is 24.2 Å². The fraction of sp³-hybridized carbons (Fsp3) is 0.286. The Labute approximate surface area is 174 Å². The highest BCUT2D eigenvalue weighted by Gasteiger charge is 2.36. The third-order valence-corrected chi connectivity index (χ3v) is 4.85. The van der Waals surface area contributed by atoms with Crippen LogP contribution in [-0.2, 0) is 24.2 Å². The molecule has 0 unspecified atom stereocenters. The summed E-state index contributed by atoms with van der Waals surface area (Å²) in [5.74, 6) is -0.0679. The fourth-order valence-corrected chi connectivity index (χ4v) is 3.42. The molecule has 1 aromatic heterocycles. The second-order valence-electron chi connectivity index (χ2n) is 7.20. The molecule has 1 aliphatic rings. The zero-order valence-corrected chi connectivity index (χ0v) is 16.2. The lowest BCUT2D eigenvalue weighted by Gasteiger charge is -2.30. The number of rotatable bonds is 6. The van der Waals surface area contributed by atoms with Gasteiger partial charge in [0.2, 0.25) is 11.8 Å². The monoisotopic (exact) mass is 434 g/mol. The topological polar surface area (TPSA) is 71.3 Å². The highest BCUT2D eigenvalue weighted by atomic mass is 19.4. The molecule has 1 amide bonds. The van der Waals surface area contributed by atoms with Crippen molar-refractivity contribution in [2.24, 2.45) is 0 Å². The largest absolute Gasteiger partial charge is 0.406 e. The number of amides is 1. The van der Waals surface area contributed by atoms with Gasteiger partial charge >= 0.3 is 6.18 Å². The first-order valence-corrected chi connectivity index (χ1v) is 9.57. The molecule has 3 aromatic rings. The zero-order valence-electron chi connectivity index (χ0n) is 16.2. The number of hydrogen-bond acceptors (Lipinski definition) is 5. The molecule has 0 fully saturated rings. The van der Waals surface area contributed by atoms with Crippen molar-refractivity contribution in [3.05, 3.63) is 71.1 Å². The van der Waals surface area contributed by atoms with E-state index in [-0.39, 0.29) is 24.5 Å². The number of carbonyl (C=O) groups is 1. The molecule has 0 aliphatic carbocycles. The number of aryl methyl sites for hydroxylation is 1. The minimum absolute atomic E-state index is 0.0307. The van der Waals surface area contributed by atoms with Crippen LogP contribution in [0.5, 0.6) is 0 Å². The Morgan fingerprint density at radius 1 is 1.10 bits per heavy atom. The van der Waals surface area contributed by atoms with Crippen molar-refractivity contribution in [1.29, 1.82) is 0 Å². The summed E-state index contributed by atoms with van der Waals surface area (Å²) in [5, 5.41) is 7.00. The highest BCUT2D eigenvalue weighted by molar-refractivity contribution is 5.96. The summed E-state index contributed by atoms with van der Waals surface area (Å²) >= 11 is 0. The van der Waals surface area contributed by atoms with Crippen LogP contribution in [0, 0.1) is 5.82 Å². The van der Waals surface area contributed by atoms with Crippen LogP contribution in [0.25, 0.3) is 0 Å². The van der Waals surface area contributed by atoms with E-state index in [2.05, 4.69) is 15.5 Å². The number of alkyl halides is 3. The van der Waals surface area contributed by atoms with Gasteiger partial charge in [0.25, 0.3) is 0 Å². The number of aromatic nitrogens is 2. The summed E-state index contributed by atoms with van der Waals surface area (Å²) in [6.45, 7) is -1.08. The van der Waals surface area contributed by atoms with Crippen molar-refractivity contribution in [3.8, 4) is 0 Å². The Kier molecular flexibility index (Phi) is 5.62. The number of carbonyl (C=O) groups excluding carboxylic acids is 1. The van der Waals surface area contributed by atoms with E-state index in [4.69, 9.17) is 4.52 Å². The quantitative estimate of drug-likeness (QED) is 0.588. The smallest absolute Gasteiger partial charge is 0.376 e. The van der Waals surface area contributed by atoms with Crippen LogP contribution in [0.1, 0.15) is 29.3 Å². The molecule has 0 saturated carbocycles. The van der Waals surface area contributed by atoms with Gasteiger partial charge in [0.15, 0.2) is 5.82 Å². The predicted molar refractivity (Wildman–Crippen MR) is 104 cm³/mol. The Morgan fingerprint density at radius 3 is 2.61 bits per heavy atom. The van der Waals surface area contributed by atoms with Crippen molar-refractivity contribution < 1.29 is 26.9 Å². The Bertz CT molecular complexity index is 1080. The average molecular weight is 434 g/mol. The summed E-state index contributed by atoms with van der Waals surface area (Å²) in [4.78, 5) is 17.0. The SMILES string of the molecule is O=C1CCc2cc(NCc3nc(Cc4ccc(F)cc4)no3)ccc2N1CC(F)(F)F. The van der Waals surface area contributed by atoms with Gasteiger partial charge in [-0.3, -0.25) is 4.79 Å². The minimum Gasteiger partial charge on any atom is -0.376 e. The predicted octanol–water partition coefficient (Wildman–Crippen LogP) is 4.25. The van der Waals surface area contributed by atoms with Gasteiger partial charge in [-0.25, -0.2) is 4.39 Å². The Hall–Kier alpha value is -3.43. The number of hydrogen-bond donors (Lipinski definition) is 1. The van der Waals surface area contributed by atoms with Gasteiger partial charge < -0.3 is 14.7 Å². The molecule has 2 aromatic carbocycles. The normalized spacial score (nSPS) is 13.9. The molecule has 31 heavy (non-hydrogen) atoms. The average Bonchev–Trinajstić information content (AvgIpc) is 3.17. The van der Waals surface area contributed by atoms with Crippen molar-refractivity contribution in [2.45, 2.75) is 32.0 Å². The molecular formula is C21H18F4N4O2. The molecule has 6 nitrogen and oxygen atoms in total. The third kappa shape index (κ3) is 5.19. The van der Waals surface area contributed by atoms with Gasteiger partial charge in [-0.05, 0) is 47.9 Å². The van der Waals surface area contributed by atoms with E-state index >= 15 is 0 Å². The molecule has 0 bridgehead atoms. The highest BCUT2D eigenvalue weighted by Crippen LogP contribution is 2.32. The second-order valence-corrected chi connectivity index (χ2v) is 7.20. The van der Waals surface area contributed by atoms with Crippen LogP contribution in [0.4, 0.5) is 28.9 Å². The number of anilines is 2. The molecule has 1 aliphatic heterocycles. The first-order chi connectivity index (χ1) is 14.8. The van der Waals surface area contributed by atoms with Gasteiger partial charge in [-0.15, -0.1) is 0 Å². The number of halogens is 4. The summed E-state index contributed by atoms with van der Waals surface area (Å²) in [5.41, 5.74) is 2.45. The van der Waals surface area contributed by atoms with E-state index in [1.54, 1.807) is 24.3 Å². The second kappa shape index (κ2) is 8.37. The molecule has 0 spiro atoms. The van der Waals surface area contributed by atoms with E-state index in [0.717, 1.165) is 10.5 Å².